The highest BCUT2D eigenvalue weighted by molar-refractivity contribution is 9.10. The third-order valence-corrected chi connectivity index (χ3v) is 6.02. The number of carboxylic acid groups (broad SMARTS) is 1. The first kappa shape index (κ1) is 19.4. The highest BCUT2D eigenvalue weighted by Crippen LogP contribution is 2.47. The summed E-state index contributed by atoms with van der Waals surface area (Å²) in [4.78, 5) is 11.5. The number of para-hydroxylation sites is 1. The van der Waals surface area contributed by atoms with Gasteiger partial charge in [-0.05, 0) is 30.0 Å². The number of hydrogen-bond donors (Lipinski definition) is 1. The second-order valence-electron chi connectivity index (χ2n) is 6.73. The predicted octanol–water partition coefficient (Wildman–Crippen LogP) is 5.86. The summed E-state index contributed by atoms with van der Waals surface area (Å²) in [6.45, 7) is 2.62. The first-order chi connectivity index (χ1) is 13.0. The summed E-state index contributed by atoms with van der Waals surface area (Å²) in [6, 6.07) is 18.1. The zero-order valence-electron chi connectivity index (χ0n) is 15.3. The first-order valence-electron chi connectivity index (χ1n) is 9.09. The Hall–Kier alpha value is -2.33. The standard InChI is InChI=1S/C23H23BrO3/c1-2-20(23(24)14-8-11-18(15-23)22(25)26)19-12-6-7-13-21(19)27-16-17-9-4-3-5-10-17/h3-14,20H,2,15-16H2,1H3,(H,25,26). The molecule has 0 heterocycles. The number of carbonyl (C=O) groups is 1. The molecule has 3 nitrogen and oxygen atoms in total. The smallest absolute Gasteiger partial charge is 0.331 e. The van der Waals surface area contributed by atoms with E-state index in [0.717, 1.165) is 23.3 Å². The fourth-order valence-corrected chi connectivity index (χ4v) is 4.60. The van der Waals surface area contributed by atoms with Crippen LogP contribution >= 0.6 is 15.9 Å². The Morgan fingerprint density at radius 1 is 1.19 bits per heavy atom. The Balaban J connectivity index is 1.87. The van der Waals surface area contributed by atoms with E-state index in [1.165, 1.54) is 0 Å². The molecule has 1 aliphatic carbocycles. The van der Waals surface area contributed by atoms with Crippen molar-refractivity contribution in [1.29, 1.82) is 0 Å². The maximum atomic E-state index is 11.5. The van der Waals surface area contributed by atoms with Crippen LogP contribution in [0.15, 0.2) is 78.4 Å². The van der Waals surface area contributed by atoms with E-state index < -0.39 is 10.3 Å². The number of rotatable bonds is 7. The van der Waals surface area contributed by atoms with E-state index in [1.807, 2.05) is 54.6 Å². The van der Waals surface area contributed by atoms with Crippen molar-refractivity contribution >= 4 is 21.9 Å². The molecule has 3 rings (SSSR count). The van der Waals surface area contributed by atoms with Crippen molar-refractivity contribution in [3.05, 3.63) is 89.5 Å². The molecule has 1 aliphatic rings. The second kappa shape index (κ2) is 8.57. The minimum atomic E-state index is -0.869. The normalized spacial score (nSPS) is 20.0. The van der Waals surface area contributed by atoms with E-state index in [1.54, 1.807) is 6.08 Å². The van der Waals surface area contributed by atoms with Gasteiger partial charge in [-0.3, -0.25) is 0 Å². The zero-order chi connectivity index (χ0) is 19.3. The number of hydrogen-bond acceptors (Lipinski definition) is 2. The van der Waals surface area contributed by atoms with Gasteiger partial charge >= 0.3 is 5.97 Å². The molecule has 1 N–H and O–H groups in total. The molecule has 2 aromatic rings. The summed E-state index contributed by atoms with van der Waals surface area (Å²) in [5, 5.41) is 9.41. The largest absolute Gasteiger partial charge is 0.489 e. The second-order valence-corrected chi connectivity index (χ2v) is 8.21. The fraction of sp³-hybridized carbons (Fsp3) is 0.261. The molecule has 0 spiro atoms. The van der Waals surface area contributed by atoms with Crippen LogP contribution in [0.4, 0.5) is 0 Å². The lowest BCUT2D eigenvalue weighted by molar-refractivity contribution is -0.132. The van der Waals surface area contributed by atoms with E-state index >= 15 is 0 Å². The van der Waals surface area contributed by atoms with Gasteiger partial charge in [0.15, 0.2) is 0 Å². The van der Waals surface area contributed by atoms with E-state index in [0.29, 0.717) is 18.6 Å². The van der Waals surface area contributed by atoms with Gasteiger partial charge < -0.3 is 9.84 Å². The Kier molecular flexibility index (Phi) is 6.17. The minimum absolute atomic E-state index is 0.0868. The van der Waals surface area contributed by atoms with Gasteiger partial charge in [-0.25, -0.2) is 4.79 Å². The molecular weight excluding hydrogens is 404 g/mol. The Morgan fingerprint density at radius 3 is 2.59 bits per heavy atom. The average Bonchev–Trinajstić information content (AvgIpc) is 2.68. The Bertz CT molecular complexity index is 857. The van der Waals surface area contributed by atoms with Crippen LogP contribution in [0.5, 0.6) is 5.75 Å². The first-order valence-corrected chi connectivity index (χ1v) is 9.89. The van der Waals surface area contributed by atoms with Crippen LogP contribution in [0.1, 0.15) is 36.8 Å². The van der Waals surface area contributed by atoms with E-state index in [2.05, 4.69) is 35.0 Å². The van der Waals surface area contributed by atoms with Crippen molar-refractivity contribution in [2.75, 3.05) is 0 Å². The summed E-state index contributed by atoms with van der Waals surface area (Å²) in [5.74, 6) is 0.0577. The summed E-state index contributed by atoms with van der Waals surface area (Å²) in [5.41, 5.74) is 2.61. The number of aliphatic carboxylic acids is 1. The van der Waals surface area contributed by atoms with E-state index in [9.17, 15) is 9.90 Å². The monoisotopic (exact) mass is 426 g/mol. The number of allylic oxidation sites excluding steroid dienone is 3. The molecule has 0 amide bonds. The van der Waals surface area contributed by atoms with Crippen LogP contribution < -0.4 is 4.74 Å². The molecule has 140 valence electrons. The van der Waals surface area contributed by atoms with Crippen molar-refractivity contribution < 1.29 is 14.6 Å². The topological polar surface area (TPSA) is 46.5 Å². The van der Waals surface area contributed by atoms with Crippen LogP contribution in [-0.4, -0.2) is 15.4 Å². The molecule has 0 aromatic heterocycles. The predicted molar refractivity (Wildman–Crippen MR) is 111 cm³/mol. The molecule has 0 saturated carbocycles. The molecule has 0 bridgehead atoms. The van der Waals surface area contributed by atoms with Gasteiger partial charge in [0.2, 0.25) is 0 Å². The van der Waals surface area contributed by atoms with Gasteiger partial charge in [0.1, 0.15) is 12.4 Å². The molecule has 0 fully saturated rings. The van der Waals surface area contributed by atoms with Crippen LogP contribution in [0.25, 0.3) is 0 Å². The quantitative estimate of drug-likeness (QED) is 0.563. The van der Waals surface area contributed by atoms with E-state index in [4.69, 9.17) is 4.74 Å². The fourth-order valence-electron chi connectivity index (χ4n) is 3.57. The van der Waals surface area contributed by atoms with Gasteiger partial charge in [0.25, 0.3) is 0 Å². The van der Waals surface area contributed by atoms with Crippen LogP contribution in [0.3, 0.4) is 0 Å². The third kappa shape index (κ3) is 4.51. The van der Waals surface area contributed by atoms with Crippen LogP contribution in [0, 0.1) is 0 Å². The van der Waals surface area contributed by atoms with Crippen LogP contribution in [0.2, 0.25) is 0 Å². The van der Waals surface area contributed by atoms with Crippen molar-refractivity contribution in [1.82, 2.24) is 0 Å². The lowest BCUT2D eigenvalue weighted by Gasteiger charge is -2.36. The number of benzene rings is 2. The van der Waals surface area contributed by atoms with Crippen molar-refractivity contribution in [2.24, 2.45) is 0 Å². The van der Waals surface area contributed by atoms with Crippen molar-refractivity contribution in [3.8, 4) is 5.75 Å². The van der Waals surface area contributed by atoms with Gasteiger partial charge in [-0.15, -0.1) is 0 Å². The SMILES string of the molecule is CCC(c1ccccc1OCc1ccccc1)C1(Br)C=CC=C(C(=O)O)C1. The Morgan fingerprint density at radius 2 is 1.89 bits per heavy atom. The zero-order valence-corrected chi connectivity index (χ0v) is 16.9. The molecule has 0 saturated heterocycles. The lowest BCUT2D eigenvalue weighted by atomic mass is 9.78. The van der Waals surface area contributed by atoms with Gasteiger partial charge in [0, 0.05) is 11.5 Å². The molecule has 4 heteroatoms. The molecule has 2 aromatic carbocycles. The summed E-state index contributed by atoms with van der Waals surface area (Å²) in [7, 11) is 0. The maximum Gasteiger partial charge on any atom is 0.331 e. The van der Waals surface area contributed by atoms with Gasteiger partial charge in [0.05, 0.1) is 4.32 Å². The van der Waals surface area contributed by atoms with Gasteiger partial charge in [-0.2, -0.15) is 0 Å². The third-order valence-electron chi connectivity index (χ3n) is 4.93. The van der Waals surface area contributed by atoms with Gasteiger partial charge in [-0.1, -0.05) is 89.6 Å². The highest BCUT2D eigenvalue weighted by Gasteiger charge is 2.38. The Labute approximate surface area is 168 Å². The molecule has 0 aliphatic heterocycles. The maximum absolute atomic E-state index is 11.5. The molecule has 2 atom stereocenters. The minimum Gasteiger partial charge on any atom is -0.489 e. The molecule has 27 heavy (non-hydrogen) atoms. The average molecular weight is 427 g/mol. The number of alkyl halides is 1. The molecule has 0 radical (unpaired) electrons. The van der Waals surface area contributed by atoms with E-state index in [-0.39, 0.29) is 5.92 Å². The molecule has 2 unspecified atom stereocenters. The number of halogens is 1. The lowest BCUT2D eigenvalue weighted by Crippen LogP contribution is -2.31. The number of carboxylic acids is 1. The highest BCUT2D eigenvalue weighted by atomic mass is 79.9. The molecular formula is C23H23BrO3. The van der Waals surface area contributed by atoms with Crippen molar-refractivity contribution in [3.63, 3.8) is 0 Å². The summed E-state index contributed by atoms with van der Waals surface area (Å²) in [6.07, 6.45) is 6.85. The number of ether oxygens (including phenoxy) is 1. The summed E-state index contributed by atoms with van der Waals surface area (Å²) < 4.78 is 5.69. The van der Waals surface area contributed by atoms with Crippen molar-refractivity contribution in [2.45, 2.75) is 36.6 Å². The van der Waals surface area contributed by atoms with Crippen LogP contribution in [-0.2, 0) is 11.4 Å². The summed E-state index contributed by atoms with van der Waals surface area (Å²) >= 11 is 3.85.